The standard InChI is InChI=1S/C14H18N2O3S/c17-14-12-7-16(6-11-4-2-1-3-5-11)8-13(15-14)10-20(18,19)9-12/h1-5,12-13H,6-10H2,(H,15,17). The van der Waals surface area contributed by atoms with Gasteiger partial charge in [0.25, 0.3) is 0 Å². The molecule has 3 rings (SSSR count). The number of carbonyl (C=O) groups is 1. The van der Waals surface area contributed by atoms with Crippen LogP contribution in [0, 0.1) is 5.92 Å². The number of rotatable bonds is 2. The molecule has 0 aliphatic carbocycles. The fourth-order valence-electron chi connectivity index (χ4n) is 3.02. The minimum atomic E-state index is -3.12. The summed E-state index contributed by atoms with van der Waals surface area (Å²) in [5.74, 6) is -0.538. The summed E-state index contributed by atoms with van der Waals surface area (Å²) >= 11 is 0. The van der Waals surface area contributed by atoms with Gasteiger partial charge in [0.05, 0.1) is 23.5 Å². The monoisotopic (exact) mass is 294 g/mol. The summed E-state index contributed by atoms with van der Waals surface area (Å²) in [6.45, 7) is 1.86. The van der Waals surface area contributed by atoms with Crippen LogP contribution >= 0.6 is 0 Å². The summed E-state index contributed by atoms with van der Waals surface area (Å²) in [6, 6.07) is 9.75. The Labute approximate surface area is 118 Å². The van der Waals surface area contributed by atoms with Crippen LogP contribution in [0.1, 0.15) is 5.56 Å². The van der Waals surface area contributed by atoms with Crippen molar-refractivity contribution in [2.45, 2.75) is 12.6 Å². The molecule has 2 unspecified atom stereocenters. The number of hydrogen-bond acceptors (Lipinski definition) is 4. The molecule has 108 valence electrons. The Morgan fingerprint density at radius 3 is 2.65 bits per heavy atom. The molecule has 20 heavy (non-hydrogen) atoms. The maximum Gasteiger partial charge on any atom is 0.225 e. The van der Waals surface area contributed by atoms with Crippen molar-refractivity contribution >= 4 is 15.7 Å². The predicted octanol–water partition coefficient (Wildman–Crippen LogP) is 0.0316. The molecule has 0 spiro atoms. The molecular weight excluding hydrogens is 276 g/mol. The van der Waals surface area contributed by atoms with Crippen molar-refractivity contribution in [1.29, 1.82) is 0 Å². The summed E-state index contributed by atoms with van der Waals surface area (Å²) in [7, 11) is -3.12. The molecule has 6 heteroatoms. The van der Waals surface area contributed by atoms with Crippen LogP contribution in [0.15, 0.2) is 30.3 Å². The molecule has 1 N–H and O–H groups in total. The third-order valence-electron chi connectivity index (χ3n) is 3.83. The van der Waals surface area contributed by atoms with Crippen molar-refractivity contribution in [2.24, 2.45) is 5.92 Å². The quantitative estimate of drug-likeness (QED) is 0.836. The average Bonchev–Trinajstić information content (AvgIpc) is 2.55. The second-order valence-corrected chi connectivity index (χ2v) is 7.81. The number of benzene rings is 1. The molecular formula is C14H18N2O3S. The van der Waals surface area contributed by atoms with Crippen molar-refractivity contribution in [3.63, 3.8) is 0 Å². The number of sulfone groups is 1. The van der Waals surface area contributed by atoms with Crippen LogP contribution in [0.3, 0.4) is 0 Å². The first-order valence-electron chi connectivity index (χ1n) is 6.79. The molecule has 1 aromatic rings. The lowest BCUT2D eigenvalue weighted by Crippen LogP contribution is -2.43. The highest BCUT2D eigenvalue weighted by Crippen LogP contribution is 2.19. The first kappa shape index (κ1) is 13.6. The molecule has 2 bridgehead atoms. The Bertz CT molecular complexity index is 600. The van der Waals surface area contributed by atoms with Crippen LogP contribution in [0.25, 0.3) is 0 Å². The lowest BCUT2D eigenvalue weighted by atomic mass is 10.1. The Morgan fingerprint density at radius 1 is 1.15 bits per heavy atom. The largest absolute Gasteiger partial charge is 0.351 e. The molecule has 1 amide bonds. The van der Waals surface area contributed by atoms with Crippen molar-refractivity contribution in [3.05, 3.63) is 35.9 Å². The van der Waals surface area contributed by atoms with Gasteiger partial charge in [-0.25, -0.2) is 8.42 Å². The van der Waals surface area contributed by atoms with E-state index < -0.39 is 15.8 Å². The maximum atomic E-state index is 12.0. The van der Waals surface area contributed by atoms with Gasteiger partial charge in [-0.15, -0.1) is 0 Å². The number of hydrogen-bond donors (Lipinski definition) is 1. The number of nitrogens with one attached hydrogen (secondary N) is 1. The van der Waals surface area contributed by atoms with E-state index >= 15 is 0 Å². The van der Waals surface area contributed by atoms with Gasteiger partial charge in [-0.3, -0.25) is 9.69 Å². The molecule has 2 saturated heterocycles. The van der Waals surface area contributed by atoms with Gasteiger partial charge in [-0.1, -0.05) is 30.3 Å². The summed E-state index contributed by atoms with van der Waals surface area (Å²) < 4.78 is 23.8. The highest BCUT2D eigenvalue weighted by molar-refractivity contribution is 7.91. The van der Waals surface area contributed by atoms with E-state index in [1.54, 1.807) is 0 Å². The Hall–Kier alpha value is -1.40. The summed E-state index contributed by atoms with van der Waals surface area (Å²) in [5, 5.41) is 2.85. The lowest BCUT2D eigenvalue weighted by Gasteiger charge is -2.27. The second-order valence-electron chi connectivity index (χ2n) is 5.66. The Balaban J connectivity index is 1.79. The van der Waals surface area contributed by atoms with E-state index in [0.717, 1.165) is 6.54 Å². The van der Waals surface area contributed by atoms with Crippen LogP contribution < -0.4 is 5.32 Å². The summed E-state index contributed by atoms with van der Waals surface area (Å²) in [6.07, 6.45) is 0. The van der Waals surface area contributed by atoms with Crippen molar-refractivity contribution in [2.75, 3.05) is 24.6 Å². The maximum absolute atomic E-state index is 12.0. The van der Waals surface area contributed by atoms with Crippen LogP contribution in [0.5, 0.6) is 0 Å². The molecule has 2 fully saturated rings. The number of amides is 1. The SMILES string of the molecule is O=C1NC2CN(Cc3ccccc3)CC1CS(=O)(=O)C2. The Morgan fingerprint density at radius 2 is 1.90 bits per heavy atom. The van der Waals surface area contributed by atoms with Gasteiger partial charge in [0, 0.05) is 19.6 Å². The zero-order valence-electron chi connectivity index (χ0n) is 11.2. The number of carbonyl (C=O) groups excluding carboxylic acids is 1. The molecule has 2 atom stereocenters. The van der Waals surface area contributed by atoms with Gasteiger partial charge in [-0.2, -0.15) is 0 Å². The molecule has 0 aromatic heterocycles. The third kappa shape index (κ3) is 3.02. The molecule has 0 radical (unpaired) electrons. The summed E-state index contributed by atoms with van der Waals surface area (Å²) in [5.41, 5.74) is 1.18. The smallest absolute Gasteiger partial charge is 0.225 e. The van der Waals surface area contributed by atoms with E-state index in [-0.39, 0.29) is 23.5 Å². The van der Waals surface area contributed by atoms with Crippen LogP contribution in [0.2, 0.25) is 0 Å². The minimum absolute atomic E-state index is 0.0272. The van der Waals surface area contributed by atoms with E-state index in [1.807, 2.05) is 30.3 Å². The van der Waals surface area contributed by atoms with Crippen LogP contribution in [-0.2, 0) is 21.2 Å². The zero-order valence-corrected chi connectivity index (χ0v) is 12.0. The number of nitrogens with zero attached hydrogens (tertiary/aromatic N) is 1. The van der Waals surface area contributed by atoms with Crippen LogP contribution in [0.4, 0.5) is 0 Å². The van der Waals surface area contributed by atoms with E-state index in [1.165, 1.54) is 5.56 Å². The fraction of sp³-hybridized carbons (Fsp3) is 0.500. The van der Waals surface area contributed by atoms with Gasteiger partial charge in [0.2, 0.25) is 5.91 Å². The van der Waals surface area contributed by atoms with E-state index in [9.17, 15) is 13.2 Å². The molecule has 2 heterocycles. The zero-order chi connectivity index (χ0) is 14.2. The van der Waals surface area contributed by atoms with E-state index in [4.69, 9.17) is 0 Å². The highest BCUT2D eigenvalue weighted by Gasteiger charge is 2.38. The normalized spacial score (nSPS) is 29.5. The molecule has 2 aliphatic heterocycles. The van der Waals surface area contributed by atoms with Crippen molar-refractivity contribution < 1.29 is 13.2 Å². The fourth-order valence-corrected chi connectivity index (χ4v) is 4.83. The third-order valence-corrected chi connectivity index (χ3v) is 5.65. The van der Waals surface area contributed by atoms with Gasteiger partial charge in [-0.05, 0) is 5.56 Å². The number of fused-ring (bicyclic) bond motifs is 3. The average molecular weight is 294 g/mol. The Kier molecular flexibility index (Phi) is 3.52. The molecule has 2 aliphatic rings. The lowest BCUT2D eigenvalue weighted by molar-refractivity contribution is -0.124. The van der Waals surface area contributed by atoms with Crippen molar-refractivity contribution in [1.82, 2.24) is 10.2 Å². The molecule has 1 aromatic carbocycles. The topological polar surface area (TPSA) is 66.5 Å². The van der Waals surface area contributed by atoms with Gasteiger partial charge in [0.15, 0.2) is 9.84 Å². The van der Waals surface area contributed by atoms with E-state index in [2.05, 4.69) is 10.2 Å². The van der Waals surface area contributed by atoms with Gasteiger partial charge in [0.1, 0.15) is 0 Å². The second kappa shape index (κ2) is 5.18. The summed E-state index contributed by atoms with van der Waals surface area (Å²) in [4.78, 5) is 14.2. The van der Waals surface area contributed by atoms with Gasteiger partial charge < -0.3 is 5.32 Å². The molecule has 0 saturated carbocycles. The van der Waals surface area contributed by atoms with Crippen LogP contribution in [-0.4, -0.2) is 49.9 Å². The first-order chi connectivity index (χ1) is 9.52. The first-order valence-corrected chi connectivity index (χ1v) is 8.61. The van der Waals surface area contributed by atoms with E-state index in [0.29, 0.717) is 13.1 Å². The van der Waals surface area contributed by atoms with Gasteiger partial charge >= 0.3 is 0 Å². The predicted molar refractivity (Wildman–Crippen MR) is 75.8 cm³/mol. The molecule has 5 nitrogen and oxygen atoms in total. The van der Waals surface area contributed by atoms with Crippen molar-refractivity contribution in [3.8, 4) is 0 Å². The minimum Gasteiger partial charge on any atom is -0.351 e. The highest BCUT2D eigenvalue weighted by atomic mass is 32.2.